The van der Waals surface area contributed by atoms with E-state index in [9.17, 15) is 196 Å². The SMILES string of the molecule is C1C[NH+]2CCN1CC2.CC1(C)O[C@H](C(O)(C(F)(F)C(F)(F)F)C(F)(F)C(F)(F)F)[C@@H](C(O)(C(F)(F)C(F)(F)F)C(F)(F)C(F)(F)F)O1.CC1(C)O[C@H](C([O-])(C(F)(F)C(F)(F)F)C(F)(F)C(F)(F)F)[C@@H](C(O)(C(F)(F)C(F)(F)F)C(F)(F)C(F)(F)F)O1. The number of alkyl halides is 40. The van der Waals surface area contributed by atoms with Crippen LogP contribution < -0.4 is 10.0 Å². The minimum absolute atomic E-state index is 0.185. The van der Waals surface area contributed by atoms with E-state index < -0.39 is 155 Å². The average molecular weight is 1380 g/mol. The Balaban J connectivity index is 0.000000515. The van der Waals surface area contributed by atoms with E-state index in [-0.39, 0.29) is 27.7 Å². The maximum Gasteiger partial charge on any atom is 0.456 e. The number of halogens is 40. The van der Waals surface area contributed by atoms with Crippen LogP contribution in [0.4, 0.5) is 176 Å². The molecule has 514 valence electrons. The van der Waals surface area contributed by atoms with Crippen LogP contribution in [0.1, 0.15) is 27.7 Å². The summed E-state index contributed by atoms with van der Waals surface area (Å²) in [5, 5.41) is 41.3. The summed E-state index contributed by atoms with van der Waals surface area (Å²) in [6, 6.07) is 0. The standard InChI is InChI=1S/C15H10F20O4.C15H9F20O4.C6H12N2/c2*1-5(2)38-3(6(36,8(16,17)12(24,25)26)9(18,19)13(27,28)29)4(39-5)7(37,10(20,21)14(30,31)32)11(22,23)15(33,34)35;1-2-8-5-3-7(1)4-6-8/h3-4,36-37H,1-2H3;3-4,36H,1-2H3;1-6H2/q;-1;/p+1/t2*3-,4-;/m00./s1. The highest BCUT2D eigenvalue weighted by molar-refractivity contribution is 5.26. The molecule has 0 aromatic rings. The predicted octanol–water partition coefficient (Wildman–Crippen LogP) is 9.09. The first-order chi connectivity index (χ1) is 36.8. The molecule has 5 aliphatic rings. The average Bonchev–Trinajstić information content (AvgIpc) is 3.80. The van der Waals surface area contributed by atoms with Crippen molar-refractivity contribution in [2.75, 3.05) is 39.3 Å². The number of hydrogen-bond acceptors (Lipinski definition) is 9. The van der Waals surface area contributed by atoms with Crippen molar-refractivity contribution in [2.45, 2.75) is 183 Å². The summed E-state index contributed by atoms with van der Waals surface area (Å²) in [5.41, 5.74) is -31.2. The molecule has 5 heterocycles. The quantitative estimate of drug-likeness (QED) is 0.142. The molecule has 0 aromatic heterocycles. The molecule has 2 bridgehead atoms. The highest BCUT2D eigenvalue weighted by Gasteiger charge is 2.96. The van der Waals surface area contributed by atoms with Gasteiger partial charge in [-0.05, 0) is 27.7 Å². The lowest BCUT2D eigenvalue weighted by Crippen LogP contribution is -3.17. The molecule has 4 atom stereocenters. The van der Waals surface area contributed by atoms with Crippen LogP contribution in [0.25, 0.3) is 0 Å². The largest absolute Gasteiger partial charge is 0.838 e. The summed E-state index contributed by atoms with van der Waals surface area (Å²) >= 11 is 0. The lowest BCUT2D eigenvalue weighted by atomic mass is 9.71. The molecule has 5 fully saturated rings. The third-order valence-corrected chi connectivity index (χ3v) is 12.8. The first-order valence-corrected chi connectivity index (χ1v) is 21.5. The van der Waals surface area contributed by atoms with Gasteiger partial charge in [-0.15, -0.1) is 0 Å². The molecule has 5 rings (SSSR count). The first-order valence-electron chi connectivity index (χ1n) is 21.5. The number of aliphatic hydroxyl groups is 3. The number of nitrogens with zero attached hydrogens (tertiary/aromatic N) is 1. The molecule has 10 nitrogen and oxygen atoms in total. The number of piperazine rings is 3. The highest BCUT2D eigenvalue weighted by Crippen LogP contribution is 2.67. The Morgan fingerprint density at radius 1 is 0.302 bits per heavy atom. The zero-order valence-electron chi connectivity index (χ0n) is 41.0. The predicted molar refractivity (Wildman–Crippen MR) is 185 cm³/mol. The van der Waals surface area contributed by atoms with Gasteiger partial charge in [-0.2, -0.15) is 176 Å². The highest BCUT2D eigenvalue weighted by atomic mass is 19.5. The molecule has 0 aliphatic carbocycles. The Labute approximate surface area is 447 Å². The molecular weight excluding hydrogens is 1350 g/mol. The minimum Gasteiger partial charge on any atom is -0.838 e. The number of hydrogen-bond donors (Lipinski definition) is 4. The van der Waals surface area contributed by atoms with Crippen molar-refractivity contribution in [2.24, 2.45) is 0 Å². The van der Waals surface area contributed by atoms with Gasteiger partial charge in [0.05, 0.1) is 31.3 Å². The van der Waals surface area contributed by atoms with Crippen LogP contribution in [-0.4, -0.2) is 215 Å². The second-order valence-corrected chi connectivity index (χ2v) is 19.4. The van der Waals surface area contributed by atoms with Gasteiger partial charge in [0, 0.05) is 19.6 Å². The Bertz CT molecular complexity index is 1920. The zero-order valence-corrected chi connectivity index (χ0v) is 41.0. The molecule has 5 aliphatic heterocycles. The van der Waals surface area contributed by atoms with Crippen molar-refractivity contribution in [1.29, 1.82) is 0 Å². The number of ether oxygens (including phenoxy) is 4. The van der Waals surface area contributed by atoms with Crippen molar-refractivity contribution in [3.63, 3.8) is 0 Å². The van der Waals surface area contributed by atoms with Crippen molar-refractivity contribution in [3.05, 3.63) is 0 Å². The molecule has 50 heteroatoms. The third kappa shape index (κ3) is 11.9. The fourth-order valence-electron chi connectivity index (χ4n) is 8.33. The second-order valence-electron chi connectivity index (χ2n) is 19.4. The van der Waals surface area contributed by atoms with E-state index in [4.69, 9.17) is 0 Å². The van der Waals surface area contributed by atoms with Gasteiger partial charge in [0.1, 0.15) is 18.3 Å². The van der Waals surface area contributed by atoms with Crippen molar-refractivity contribution < 1.29 is 220 Å². The Kier molecular flexibility index (Phi) is 19.9. The number of fused-ring (bicyclic) bond motifs is 3. The van der Waals surface area contributed by atoms with Gasteiger partial charge in [0.15, 0.2) is 11.6 Å². The molecule has 4 N–H and O–H groups in total. The smallest absolute Gasteiger partial charge is 0.456 e. The molecule has 0 unspecified atom stereocenters. The van der Waals surface area contributed by atoms with Gasteiger partial charge in [-0.1, -0.05) is 0 Å². The van der Waals surface area contributed by atoms with Gasteiger partial charge in [-0.25, -0.2) is 0 Å². The van der Waals surface area contributed by atoms with E-state index in [1.54, 1.807) is 0 Å². The summed E-state index contributed by atoms with van der Waals surface area (Å²) in [4.78, 5) is 4.39. The molecule has 0 aromatic carbocycles. The molecular formula is C36H32F40N2O8. The van der Waals surface area contributed by atoms with E-state index in [2.05, 4.69) is 23.8 Å². The van der Waals surface area contributed by atoms with Crippen LogP contribution >= 0.6 is 0 Å². The first kappa shape index (κ1) is 78.9. The van der Waals surface area contributed by atoms with Gasteiger partial charge in [-0.3, -0.25) is 4.90 Å². The number of quaternary nitrogens is 1. The van der Waals surface area contributed by atoms with Crippen LogP contribution in [0, 0.1) is 0 Å². The lowest BCUT2D eigenvalue weighted by molar-refractivity contribution is -0.914. The van der Waals surface area contributed by atoms with Crippen LogP contribution in [0.15, 0.2) is 0 Å². The Morgan fingerprint density at radius 3 is 0.581 bits per heavy atom. The molecule has 0 spiro atoms. The summed E-state index contributed by atoms with van der Waals surface area (Å²) in [7, 11) is 0. The number of rotatable bonds is 12. The summed E-state index contributed by atoms with van der Waals surface area (Å²) in [6.45, 7) is 7.48. The van der Waals surface area contributed by atoms with Crippen LogP contribution in [0.5, 0.6) is 0 Å². The van der Waals surface area contributed by atoms with E-state index >= 15 is 0 Å². The minimum atomic E-state index is -8.27. The fraction of sp³-hybridized carbons (Fsp3) is 1.00. The normalized spacial score (nSPS) is 25.4. The Morgan fingerprint density at radius 2 is 0.453 bits per heavy atom. The topological polar surface area (TPSA) is 128 Å². The maximum atomic E-state index is 14.1. The molecule has 5 saturated heterocycles. The van der Waals surface area contributed by atoms with E-state index in [0.29, 0.717) is 0 Å². The second kappa shape index (κ2) is 21.7. The van der Waals surface area contributed by atoms with Gasteiger partial charge >= 0.3 is 96.8 Å². The van der Waals surface area contributed by atoms with E-state index in [0.717, 1.165) is 0 Å². The molecule has 0 saturated carbocycles. The molecule has 0 amide bonds. The summed E-state index contributed by atoms with van der Waals surface area (Å²) in [5.74, 6) is -73.2. The zero-order chi connectivity index (χ0) is 69.5. The summed E-state index contributed by atoms with van der Waals surface area (Å²) < 4.78 is 550. The maximum absolute atomic E-state index is 14.1. The van der Waals surface area contributed by atoms with Gasteiger partial charge in [0.25, 0.3) is 0 Å². The Hall–Kier alpha value is -3.20. The fourth-order valence-corrected chi connectivity index (χ4v) is 8.33. The van der Waals surface area contributed by atoms with Crippen molar-refractivity contribution >= 4 is 0 Å². The van der Waals surface area contributed by atoms with Crippen LogP contribution in [0.2, 0.25) is 0 Å². The van der Waals surface area contributed by atoms with E-state index in [1.165, 1.54) is 39.3 Å². The van der Waals surface area contributed by atoms with Crippen LogP contribution in [0.3, 0.4) is 0 Å². The van der Waals surface area contributed by atoms with E-state index in [1.807, 2.05) is 4.90 Å². The summed E-state index contributed by atoms with van der Waals surface area (Å²) in [6.07, 6.45) is -86.5. The van der Waals surface area contributed by atoms with Gasteiger partial charge in [0.2, 0.25) is 16.8 Å². The monoisotopic (exact) mass is 1380 g/mol. The van der Waals surface area contributed by atoms with Crippen molar-refractivity contribution in [1.82, 2.24) is 4.90 Å². The van der Waals surface area contributed by atoms with Gasteiger partial charge < -0.3 is 44.3 Å². The lowest BCUT2D eigenvalue weighted by Gasteiger charge is -2.56. The molecule has 86 heavy (non-hydrogen) atoms. The van der Waals surface area contributed by atoms with Crippen molar-refractivity contribution in [3.8, 4) is 0 Å². The number of nitrogens with one attached hydrogen (secondary N) is 1. The third-order valence-electron chi connectivity index (χ3n) is 12.8. The molecule has 0 radical (unpaired) electrons. The van der Waals surface area contributed by atoms with Crippen LogP contribution in [-0.2, 0) is 18.9 Å².